The molecule has 6 nitrogen and oxygen atoms in total. The Morgan fingerprint density at radius 3 is 1.86 bits per heavy atom. The molecule has 0 saturated carbocycles. The third kappa shape index (κ3) is 9.52. The Labute approximate surface area is 132 Å². The molecular weight excluding hydrogens is 285 g/mol. The second kappa shape index (κ2) is 8.90. The molecule has 0 atom stereocenters. The van der Waals surface area contributed by atoms with E-state index in [-0.39, 0.29) is 18.8 Å². The Hall–Kier alpha value is -1.41. The van der Waals surface area contributed by atoms with Crippen LogP contribution in [0.15, 0.2) is 30.3 Å². The van der Waals surface area contributed by atoms with Gasteiger partial charge in [-0.05, 0) is 33.3 Å². The van der Waals surface area contributed by atoms with Crippen LogP contribution < -0.4 is 5.32 Å². The average Bonchev–Trinajstić information content (AvgIpc) is 2.36. The van der Waals surface area contributed by atoms with Gasteiger partial charge in [-0.3, -0.25) is 4.79 Å². The van der Waals surface area contributed by atoms with E-state index in [2.05, 4.69) is 5.32 Å². The van der Waals surface area contributed by atoms with Crippen molar-refractivity contribution in [3.05, 3.63) is 35.9 Å². The fraction of sp³-hybridized carbons (Fsp3) is 0.533. The van der Waals surface area contributed by atoms with Crippen molar-refractivity contribution >= 4 is 13.0 Å². The summed E-state index contributed by atoms with van der Waals surface area (Å²) in [5.74, 6) is -0.218. The highest BCUT2D eigenvalue weighted by Gasteiger charge is 2.31. The Morgan fingerprint density at radius 2 is 1.50 bits per heavy atom. The van der Waals surface area contributed by atoms with Crippen LogP contribution in [-0.4, -0.2) is 50.9 Å². The van der Waals surface area contributed by atoms with Gasteiger partial charge in [0.2, 0.25) is 5.91 Å². The summed E-state index contributed by atoms with van der Waals surface area (Å²) in [4.78, 5) is 11.2. The maximum absolute atomic E-state index is 11.2. The van der Waals surface area contributed by atoms with Gasteiger partial charge in [-0.1, -0.05) is 30.3 Å². The maximum atomic E-state index is 11.2. The van der Waals surface area contributed by atoms with E-state index >= 15 is 0 Å². The van der Waals surface area contributed by atoms with E-state index in [1.54, 1.807) is 27.7 Å². The zero-order valence-corrected chi connectivity index (χ0v) is 13.6. The van der Waals surface area contributed by atoms with Gasteiger partial charge in [0.05, 0.1) is 24.1 Å². The van der Waals surface area contributed by atoms with Crippen LogP contribution in [0.2, 0.25) is 0 Å². The topological polar surface area (TPSA) is 110 Å². The van der Waals surface area contributed by atoms with Crippen molar-refractivity contribution in [2.75, 3.05) is 6.44 Å². The van der Waals surface area contributed by atoms with E-state index < -0.39 is 18.3 Å². The number of hydrogen-bond acceptors (Lipinski definition) is 5. The lowest BCUT2D eigenvalue weighted by atomic mass is 9.90. The van der Waals surface area contributed by atoms with Crippen molar-refractivity contribution in [3.8, 4) is 0 Å². The molecule has 0 bridgehead atoms. The third-order valence-electron chi connectivity index (χ3n) is 3.19. The van der Waals surface area contributed by atoms with Crippen LogP contribution in [0, 0.1) is 0 Å². The molecule has 1 aromatic carbocycles. The van der Waals surface area contributed by atoms with Crippen molar-refractivity contribution < 1.29 is 25.1 Å². The van der Waals surface area contributed by atoms with E-state index in [0.29, 0.717) is 0 Å². The van der Waals surface area contributed by atoms with E-state index in [4.69, 9.17) is 20.3 Å². The molecule has 0 spiro atoms. The first-order valence-electron chi connectivity index (χ1n) is 7.05. The Kier molecular flexibility index (Phi) is 8.33. The fourth-order valence-electron chi connectivity index (χ4n) is 1.05. The summed E-state index contributed by atoms with van der Waals surface area (Å²) in [6.07, 6.45) is 0.124. The number of aliphatic hydroxyl groups is 2. The third-order valence-corrected chi connectivity index (χ3v) is 3.19. The molecule has 0 fully saturated rings. The zero-order valence-electron chi connectivity index (χ0n) is 13.6. The second-order valence-corrected chi connectivity index (χ2v) is 6.07. The molecule has 7 heteroatoms. The summed E-state index contributed by atoms with van der Waals surface area (Å²) in [6, 6.07) is 9.26. The zero-order chi connectivity index (χ0) is 17.4. The minimum Gasteiger partial charge on any atom is -0.426 e. The van der Waals surface area contributed by atoms with Crippen LogP contribution in [0.1, 0.15) is 33.3 Å². The highest BCUT2D eigenvalue weighted by molar-refractivity contribution is 6.41. The minimum absolute atomic E-state index is 0.133. The van der Waals surface area contributed by atoms with E-state index in [0.717, 1.165) is 5.56 Å². The smallest absolute Gasteiger partial charge is 0.426 e. The number of amides is 1. The first-order chi connectivity index (χ1) is 9.93. The largest absolute Gasteiger partial charge is 0.472 e. The number of hydrogen-bond donors (Lipinski definition) is 5. The van der Waals surface area contributed by atoms with Crippen LogP contribution in [0.4, 0.5) is 0 Å². The number of rotatable bonds is 5. The Balaban J connectivity index is 0.000000472. The summed E-state index contributed by atoms with van der Waals surface area (Å²) in [7, 11) is -1.49. The molecule has 5 N–H and O–H groups in total. The summed E-state index contributed by atoms with van der Waals surface area (Å²) in [5.41, 5.74) is -1.11. The molecule has 0 aliphatic heterocycles. The van der Waals surface area contributed by atoms with E-state index in [1.807, 2.05) is 30.3 Å². The van der Waals surface area contributed by atoms with E-state index in [9.17, 15) is 4.79 Å². The van der Waals surface area contributed by atoms with Crippen molar-refractivity contribution in [1.29, 1.82) is 0 Å². The predicted octanol–water partition coefficient (Wildman–Crippen LogP) is -0.115. The molecule has 0 saturated heterocycles. The lowest BCUT2D eigenvalue weighted by Gasteiger charge is -2.31. The Bertz CT molecular complexity index is 425. The maximum Gasteiger partial charge on any atom is 0.472 e. The van der Waals surface area contributed by atoms with Gasteiger partial charge in [-0.25, -0.2) is 0 Å². The second-order valence-electron chi connectivity index (χ2n) is 6.07. The van der Waals surface area contributed by atoms with Crippen molar-refractivity contribution in [2.45, 2.75) is 45.3 Å². The minimum atomic E-state index is -1.49. The van der Waals surface area contributed by atoms with Crippen LogP contribution in [0.5, 0.6) is 0 Å². The summed E-state index contributed by atoms with van der Waals surface area (Å²) < 4.78 is 0. The standard InChI is InChI=1S/C9H12BNO3.C6H14O2/c12-9(11-7-10(13)14)6-8-4-2-1-3-5-8;1-5(2,7)6(3,4)8/h1-5,13-14H,6-7H2,(H,11,12);7-8H,1-4H3. The van der Waals surface area contributed by atoms with Gasteiger partial charge in [-0.15, -0.1) is 0 Å². The molecule has 22 heavy (non-hydrogen) atoms. The first-order valence-corrected chi connectivity index (χ1v) is 7.05. The van der Waals surface area contributed by atoms with Crippen molar-refractivity contribution in [3.63, 3.8) is 0 Å². The molecule has 1 rings (SSSR count). The van der Waals surface area contributed by atoms with Gasteiger partial charge in [0.25, 0.3) is 0 Å². The summed E-state index contributed by atoms with van der Waals surface area (Å²) in [6.45, 7) is 6.31. The average molecular weight is 311 g/mol. The van der Waals surface area contributed by atoms with Crippen molar-refractivity contribution in [1.82, 2.24) is 5.32 Å². The molecule has 1 aromatic rings. The van der Waals surface area contributed by atoms with Gasteiger partial charge in [0.15, 0.2) is 0 Å². The number of carbonyl (C=O) groups excluding carboxylic acids is 1. The van der Waals surface area contributed by atoms with Crippen LogP contribution in [0.25, 0.3) is 0 Å². The fourth-order valence-corrected chi connectivity index (χ4v) is 1.05. The van der Waals surface area contributed by atoms with Crippen LogP contribution in [-0.2, 0) is 11.2 Å². The molecule has 124 valence electrons. The monoisotopic (exact) mass is 311 g/mol. The lowest BCUT2D eigenvalue weighted by molar-refractivity contribution is -0.120. The van der Waals surface area contributed by atoms with Gasteiger partial charge < -0.3 is 25.6 Å². The highest BCUT2D eigenvalue weighted by Crippen LogP contribution is 2.19. The summed E-state index contributed by atoms with van der Waals surface area (Å²) in [5, 5.41) is 37.6. The lowest BCUT2D eigenvalue weighted by Crippen LogP contribution is -2.44. The number of benzene rings is 1. The molecule has 0 aliphatic rings. The molecule has 0 unspecified atom stereocenters. The van der Waals surface area contributed by atoms with Crippen LogP contribution >= 0.6 is 0 Å². The molecule has 0 radical (unpaired) electrons. The van der Waals surface area contributed by atoms with Crippen LogP contribution in [0.3, 0.4) is 0 Å². The molecular formula is C15H26BNO5. The molecule has 0 aromatic heterocycles. The highest BCUT2D eigenvalue weighted by atomic mass is 16.4. The van der Waals surface area contributed by atoms with E-state index in [1.165, 1.54) is 0 Å². The first kappa shape index (κ1) is 20.6. The van der Waals surface area contributed by atoms with Gasteiger partial charge in [0.1, 0.15) is 0 Å². The molecule has 0 heterocycles. The molecule has 1 amide bonds. The quantitative estimate of drug-likeness (QED) is 0.487. The predicted molar refractivity (Wildman–Crippen MR) is 85.9 cm³/mol. The van der Waals surface area contributed by atoms with Crippen molar-refractivity contribution in [2.24, 2.45) is 0 Å². The van der Waals surface area contributed by atoms with Gasteiger partial charge >= 0.3 is 7.12 Å². The summed E-state index contributed by atoms with van der Waals surface area (Å²) >= 11 is 0. The molecule has 0 aliphatic carbocycles. The normalized spacial score (nSPS) is 11.3. The number of carbonyl (C=O) groups is 1. The van der Waals surface area contributed by atoms with Gasteiger partial charge in [-0.2, -0.15) is 0 Å². The SMILES string of the molecule is CC(C)(O)C(C)(C)O.O=C(Cc1ccccc1)NCB(O)O. The Morgan fingerprint density at radius 1 is 1.05 bits per heavy atom. The number of nitrogens with one attached hydrogen (secondary N) is 1. The van der Waals surface area contributed by atoms with Gasteiger partial charge in [0, 0.05) is 0 Å².